The summed E-state index contributed by atoms with van der Waals surface area (Å²) in [6, 6.07) is 4.10. The van der Waals surface area contributed by atoms with Crippen LogP contribution in [0, 0.1) is 0 Å². The monoisotopic (exact) mass is 242 g/mol. The van der Waals surface area contributed by atoms with Crippen molar-refractivity contribution in [3.63, 3.8) is 0 Å². The van der Waals surface area contributed by atoms with Gasteiger partial charge in [-0.15, -0.1) is 11.3 Å². The molecule has 1 aromatic heterocycles. The van der Waals surface area contributed by atoms with Crippen molar-refractivity contribution >= 4 is 17.2 Å². The first-order chi connectivity index (χ1) is 7.74. The SMILES string of the molecule is CN(CCc1cccs1)C(=O)COCCN. The van der Waals surface area contributed by atoms with E-state index in [0.29, 0.717) is 13.2 Å². The van der Waals surface area contributed by atoms with Gasteiger partial charge in [-0.25, -0.2) is 0 Å². The minimum Gasteiger partial charge on any atom is -0.370 e. The molecule has 2 N–H and O–H groups in total. The van der Waals surface area contributed by atoms with E-state index in [2.05, 4.69) is 6.07 Å². The highest BCUT2D eigenvalue weighted by molar-refractivity contribution is 7.09. The van der Waals surface area contributed by atoms with E-state index in [9.17, 15) is 4.79 Å². The summed E-state index contributed by atoms with van der Waals surface area (Å²) in [5.41, 5.74) is 5.27. The lowest BCUT2D eigenvalue weighted by atomic mass is 10.3. The van der Waals surface area contributed by atoms with E-state index in [1.807, 2.05) is 11.4 Å². The van der Waals surface area contributed by atoms with Crippen molar-refractivity contribution in [3.05, 3.63) is 22.4 Å². The smallest absolute Gasteiger partial charge is 0.248 e. The molecule has 4 nitrogen and oxygen atoms in total. The van der Waals surface area contributed by atoms with Crippen LogP contribution in [0.15, 0.2) is 17.5 Å². The molecule has 0 aliphatic carbocycles. The molecule has 1 aromatic rings. The number of thiophene rings is 1. The average Bonchev–Trinajstić information content (AvgIpc) is 2.79. The van der Waals surface area contributed by atoms with Crippen molar-refractivity contribution in [2.75, 3.05) is 33.4 Å². The molecule has 1 heterocycles. The summed E-state index contributed by atoms with van der Waals surface area (Å²) in [4.78, 5) is 14.5. The molecule has 0 spiro atoms. The topological polar surface area (TPSA) is 55.6 Å². The molecule has 0 aliphatic heterocycles. The van der Waals surface area contributed by atoms with Crippen LogP contribution in [0.4, 0.5) is 0 Å². The molecular weight excluding hydrogens is 224 g/mol. The van der Waals surface area contributed by atoms with Gasteiger partial charge in [-0.2, -0.15) is 0 Å². The van der Waals surface area contributed by atoms with Gasteiger partial charge in [0, 0.05) is 25.0 Å². The first-order valence-corrected chi connectivity index (χ1v) is 6.16. The number of likely N-dealkylation sites (N-methyl/N-ethyl adjacent to an activating group) is 1. The first-order valence-electron chi connectivity index (χ1n) is 5.28. The van der Waals surface area contributed by atoms with E-state index in [1.165, 1.54) is 4.88 Å². The summed E-state index contributed by atoms with van der Waals surface area (Å²) >= 11 is 1.71. The minimum atomic E-state index is 0.00464. The highest BCUT2D eigenvalue weighted by atomic mass is 32.1. The van der Waals surface area contributed by atoms with E-state index in [-0.39, 0.29) is 12.5 Å². The normalized spacial score (nSPS) is 10.4. The molecule has 0 fully saturated rings. The second-order valence-corrected chi connectivity index (χ2v) is 4.52. The molecule has 5 heteroatoms. The lowest BCUT2D eigenvalue weighted by Crippen LogP contribution is -2.32. The zero-order valence-electron chi connectivity index (χ0n) is 9.52. The molecule has 1 amide bonds. The Bertz CT molecular complexity index is 301. The first kappa shape index (κ1) is 13.2. The molecule has 0 atom stereocenters. The van der Waals surface area contributed by atoms with E-state index in [0.717, 1.165) is 13.0 Å². The standard InChI is InChI=1S/C11H18N2O2S/c1-13(11(14)9-15-7-5-12)6-4-10-3-2-8-16-10/h2-3,8H,4-7,9,12H2,1H3. The van der Waals surface area contributed by atoms with Gasteiger partial charge >= 0.3 is 0 Å². The Balaban J connectivity index is 2.18. The number of carbonyl (C=O) groups is 1. The zero-order valence-corrected chi connectivity index (χ0v) is 10.3. The molecular formula is C11H18N2O2S. The third kappa shape index (κ3) is 4.74. The highest BCUT2D eigenvalue weighted by Gasteiger charge is 2.08. The van der Waals surface area contributed by atoms with Gasteiger partial charge < -0.3 is 15.4 Å². The van der Waals surface area contributed by atoms with Crippen molar-refractivity contribution in [2.24, 2.45) is 5.73 Å². The van der Waals surface area contributed by atoms with Gasteiger partial charge in [0.05, 0.1) is 6.61 Å². The zero-order chi connectivity index (χ0) is 11.8. The maximum absolute atomic E-state index is 11.5. The summed E-state index contributed by atoms with van der Waals surface area (Å²) in [6.07, 6.45) is 0.900. The number of amides is 1. The number of rotatable bonds is 7. The van der Waals surface area contributed by atoms with Gasteiger partial charge in [0.2, 0.25) is 5.91 Å². The molecule has 1 rings (SSSR count). The summed E-state index contributed by atoms with van der Waals surface area (Å²) in [6.45, 7) is 1.74. The molecule has 90 valence electrons. The molecule has 0 saturated heterocycles. The molecule has 0 radical (unpaired) electrons. The fraction of sp³-hybridized carbons (Fsp3) is 0.545. The quantitative estimate of drug-likeness (QED) is 0.717. The Morgan fingerprint density at radius 1 is 1.62 bits per heavy atom. The fourth-order valence-corrected chi connectivity index (χ4v) is 1.91. The van der Waals surface area contributed by atoms with Gasteiger partial charge in [-0.3, -0.25) is 4.79 Å². The highest BCUT2D eigenvalue weighted by Crippen LogP contribution is 2.09. The Morgan fingerprint density at radius 3 is 3.06 bits per heavy atom. The summed E-state index contributed by atoms with van der Waals surface area (Å²) in [7, 11) is 1.79. The Kier molecular flexibility index (Phi) is 6.07. The van der Waals surface area contributed by atoms with E-state index >= 15 is 0 Å². The molecule has 16 heavy (non-hydrogen) atoms. The lowest BCUT2D eigenvalue weighted by Gasteiger charge is -2.16. The third-order valence-electron chi connectivity index (χ3n) is 2.19. The largest absolute Gasteiger partial charge is 0.370 e. The van der Waals surface area contributed by atoms with E-state index in [4.69, 9.17) is 10.5 Å². The van der Waals surface area contributed by atoms with Crippen molar-refractivity contribution in [1.82, 2.24) is 4.90 Å². The van der Waals surface area contributed by atoms with Crippen LogP contribution in [0.2, 0.25) is 0 Å². The summed E-state index contributed by atoms with van der Waals surface area (Å²) < 4.78 is 5.09. The number of hydrogen-bond acceptors (Lipinski definition) is 4. The van der Waals surface area contributed by atoms with Gasteiger partial charge in [0.15, 0.2) is 0 Å². The van der Waals surface area contributed by atoms with E-state index < -0.39 is 0 Å². The van der Waals surface area contributed by atoms with Crippen molar-refractivity contribution in [1.29, 1.82) is 0 Å². The summed E-state index contributed by atoms with van der Waals surface area (Å²) in [5, 5.41) is 2.04. The maximum atomic E-state index is 11.5. The Morgan fingerprint density at radius 2 is 2.44 bits per heavy atom. The number of hydrogen-bond donors (Lipinski definition) is 1. The van der Waals surface area contributed by atoms with E-state index in [1.54, 1.807) is 23.3 Å². The fourth-order valence-electron chi connectivity index (χ4n) is 1.21. The number of ether oxygens (including phenoxy) is 1. The van der Waals surface area contributed by atoms with Crippen LogP contribution in [0.1, 0.15) is 4.88 Å². The van der Waals surface area contributed by atoms with Crippen LogP contribution in [0.3, 0.4) is 0 Å². The average molecular weight is 242 g/mol. The molecule has 0 saturated carbocycles. The Hall–Kier alpha value is -0.910. The lowest BCUT2D eigenvalue weighted by molar-refractivity contribution is -0.134. The van der Waals surface area contributed by atoms with Crippen LogP contribution in [0.5, 0.6) is 0 Å². The van der Waals surface area contributed by atoms with Crippen LogP contribution >= 0.6 is 11.3 Å². The van der Waals surface area contributed by atoms with Gasteiger partial charge in [-0.1, -0.05) is 6.07 Å². The number of carbonyl (C=O) groups excluding carboxylic acids is 1. The minimum absolute atomic E-state index is 0.00464. The van der Waals surface area contributed by atoms with Crippen LogP contribution < -0.4 is 5.73 Å². The van der Waals surface area contributed by atoms with Crippen molar-refractivity contribution < 1.29 is 9.53 Å². The second-order valence-electron chi connectivity index (χ2n) is 3.49. The van der Waals surface area contributed by atoms with Gasteiger partial charge in [0.25, 0.3) is 0 Å². The van der Waals surface area contributed by atoms with Crippen LogP contribution in [-0.2, 0) is 16.0 Å². The molecule has 0 aliphatic rings. The molecule has 0 bridgehead atoms. The predicted octanol–water partition coefficient (Wildman–Crippen LogP) is 0.724. The third-order valence-corrected chi connectivity index (χ3v) is 3.12. The predicted molar refractivity (Wildman–Crippen MR) is 65.5 cm³/mol. The molecule has 0 unspecified atom stereocenters. The number of nitrogens with zero attached hydrogens (tertiary/aromatic N) is 1. The number of nitrogens with two attached hydrogens (primary N) is 1. The summed E-state index contributed by atoms with van der Waals surface area (Å²) in [5.74, 6) is 0.00464. The Labute approximate surface area is 100 Å². The van der Waals surface area contributed by atoms with Crippen LogP contribution in [-0.4, -0.2) is 44.2 Å². The van der Waals surface area contributed by atoms with Crippen LogP contribution in [0.25, 0.3) is 0 Å². The van der Waals surface area contributed by atoms with Gasteiger partial charge in [-0.05, 0) is 17.9 Å². The van der Waals surface area contributed by atoms with Crippen molar-refractivity contribution in [3.8, 4) is 0 Å². The van der Waals surface area contributed by atoms with Gasteiger partial charge in [0.1, 0.15) is 6.61 Å². The second kappa shape index (κ2) is 7.38. The maximum Gasteiger partial charge on any atom is 0.248 e. The van der Waals surface area contributed by atoms with Crippen molar-refractivity contribution in [2.45, 2.75) is 6.42 Å². The molecule has 0 aromatic carbocycles.